The van der Waals surface area contributed by atoms with Gasteiger partial charge < -0.3 is 5.32 Å². The number of nitrogens with one attached hydrogen (secondary N) is 1. The SMILES string of the molecule is N#CC1(Nc2cccc(C(F)(F)F)c2)CCCCCC1. The first-order chi connectivity index (χ1) is 9.45. The monoisotopic (exact) mass is 282 g/mol. The second-order valence-corrected chi connectivity index (χ2v) is 5.31. The molecule has 0 aliphatic heterocycles. The Hall–Kier alpha value is -1.70. The molecule has 1 saturated carbocycles. The van der Waals surface area contributed by atoms with E-state index >= 15 is 0 Å². The molecule has 0 atom stereocenters. The van der Waals surface area contributed by atoms with Crippen LogP contribution in [0.1, 0.15) is 44.1 Å². The van der Waals surface area contributed by atoms with Crippen LogP contribution in [-0.2, 0) is 6.18 Å². The van der Waals surface area contributed by atoms with Crippen LogP contribution in [-0.4, -0.2) is 5.54 Å². The zero-order chi connectivity index (χ0) is 14.6. The molecule has 0 unspecified atom stereocenters. The van der Waals surface area contributed by atoms with Crippen molar-refractivity contribution in [2.45, 2.75) is 50.2 Å². The van der Waals surface area contributed by atoms with Crippen LogP contribution in [0, 0.1) is 11.3 Å². The van der Waals surface area contributed by atoms with Gasteiger partial charge >= 0.3 is 6.18 Å². The molecule has 2 nitrogen and oxygen atoms in total. The molecule has 0 amide bonds. The zero-order valence-electron chi connectivity index (χ0n) is 11.1. The molecule has 0 heterocycles. The van der Waals surface area contributed by atoms with Gasteiger partial charge in [-0.05, 0) is 31.0 Å². The molecule has 0 saturated heterocycles. The van der Waals surface area contributed by atoms with Gasteiger partial charge in [0.05, 0.1) is 11.6 Å². The van der Waals surface area contributed by atoms with Crippen molar-refractivity contribution < 1.29 is 13.2 Å². The standard InChI is InChI=1S/C15H17F3N2/c16-15(17,18)12-6-5-7-13(10-12)20-14(11-19)8-3-1-2-4-9-14/h5-7,10,20H,1-4,8-9H2. The molecule has 5 heteroatoms. The van der Waals surface area contributed by atoms with Gasteiger partial charge in [-0.1, -0.05) is 31.7 Å². The van der Waals surface area contributed by atoms with E-state index in [-0.39, 0.29) is 0 Å². The Bertz CT molecular complexity index is 495. The van der Waals surface area contributed by atoms with E-state index in [1.807, 2.05) is 0 Å². The predicted molar refractivity (Wildman–Crippen MR) is 71.1 cm³/mol. The lowest BCUT2D eigenvalue weighted by Crippen LogP contribution is -2.36. The Morgan fingerprint density at radius 1 is 1.10 bits per heavy atom. The molecule has 0 bridgehead atoms. The van der Waals surface area contributed by atoms with Crippen LogP contribution < -0.4 is 5.32 Å². The molecular formula is C15H17F3N2. The number of anilines is 1. The first kappa shape index (κ1) is 14.7. The third-order valence-corrected chi connectivity index (χ3v) is 3.74. The fourth-order valence-electron chi connectivity index (χ4n) is 2.65. The molecule has 2 rings (SSSR count). The first-order valence-electron chi connectivity index (χ1n) is 6.82. The highest BCUT2D eigenvalue weighted by molar-refractivity contribution is 5.50. The van der Waals surface area contributed by atoms with Gasteiger partial charge in [0.2, 0.25) is 0 Å². The van der Waals surface area contributed by atoms with Gasteiger partial charge in [0.15, 0.2) is 0 Å². The lowest BCUT2D eigenvalue weighted by atomic mass is 9.91. The topological polar surface area (TPSA) is 35.8 Å². The van der Waals surface area contributed by atoms with Crippen molar-refractivity contribution in [2.24, 2.45) is 0 Å². The van der Waals surface area contributed by atoms with Crippen LogP contribution in [0.4, 0.5) is 18.9 Å². The van der Waals surface area contributed by atoms with Crippen LogP contribution in [0.3, 0.4) is 0 Å². The molecule has 20 heavy (non-hydrogen) atoms. The summed E-state index contributed by atoms with van der Waals surface area (Å²) < 4.78 is 38.1. The van der Waals surface area contributed by atoms with Crippen molar-refractivity contribution in [3.05, 3.63) is 29.8 Å². The van der Waals surface area contributed by atoms with Gasteiger partial charge in [-0.15, -0.1) is 0 Å². The molecule has 0 spiro atoms. The molecule has 1 fully saturated rings. The molecule has 0 radical (unpaired) electrons. The smallest absolute Gasteiger partial charge is 0.367 e. The van der Waals surface area contributed by atoms with Crippen molar-refractivity contribution in [2.75, 3.05) is 5.32 Å². The quantitative estimate of drug-likeness (QED) is 0.796. The largest absolute Gasteiger partial charge is 0.416 e. The van der Waals surface area contributed by atoms with Crippen LogP contribution in [0.25, 0.3) is 0 Å². The summed E-state index contributed by atoms with van der Waals surface area (Å²) in [5.74, 6) is 0. The van der Waals surface area contributed by atoms with Gasteiger partial charge in [0, 0.05) is 5.69 Å². The van der Waals surface area contributed by atoms with Gasteiger partial charge in [0.25, 0.3) is 0 Å². The van der Waals surface area contributed by atoms with E-state index in [0.717, 1.165) is 37.8 Å². The summed E-state index contributed by atoms with van der Waals surface area (Å²) in [6.07, 6.45) is 1.01. The van der Waals surface area contributed by atoms with E-state index in [4.69, 9.17) is 0 Å². The number of alkyl halides is 3. The molecule has 1 aliphatic rings. The minimum Gasteiger partial charge on any atom is -0.367 e. The predicted octanol–water partition coefficient (Wildman–Crippen LogP) is 4.73. The van der Waals surface area contributed by atoms with Crippen molar-refractivity contribution in [3.8, 4) is 6.07 Å². The number of hydrogen-bond donors (Lipinski definition) is 1. The Morgan fingerprint density at radius 3 is 2.30 bits per heavy atom. The third kappa shape index (κ3) is 3.44. The second-order valence-electron chi connectivity index (χ2n) is 5.31. The first-order valence-corrected chi connectivity index (χ1v) is 6.82. The van der Waals surface area contributed by atoms with Crippen LogP contribution >= 0.6 is 0 Å². The van der Waals surface area contributed by atoms with Crippen LogP contribution in [0.15, 0.2) is 24.3 Å². The maximum atomic E-state index is 12.7. The molecule has 0 aromatic heterocycles. The van der Waals surface area contributed by atoms with E-state index in [2.05, 4.69) is 11.4 Å². The van der Waals surface area contributed by atoms with Crippen molar-refractivity contribution >= 4 is 5.69 Å². The number of nitrogens with zero attached hydrogens (tertiary/aromatic N) is 1. The fraction of sp³-hybridized carbons (Fsp3) is 0.533. The summed E-state index contributed by atoms with van der Waals surface area (Å²) >= 11 is 0. The Labute approximate surface area is 116 Å². The average Bonchev–Trinajstić information content (AvgIpc) is 2.64. The van der Waals surface area contributed by atoms with Crippen molar-refractivity contribution in [1.82, 2.24) is 0 Å². The van der Waals surface area contributed by atoms with Gasteiger partial charge in [0.1, 0.15) is 5.54 Å². The average molecular weight is 282 g/mol. The number of halogens is 3. The van der Waals surface area contributed by atoms with E-state index in [0.29, 0.717) is 18.5 Å². The molecular weight excluding hydrogens is 265 g/mol. The van der Waals surface area contributed by atoms with Gasteiger partial charge in [-0.3, -0.25) is 0 Å². The Kier molecular flexibility index (Phi) is 4.22. The lowest BCUT2D eigenvalue weighted by Gasteiger charge is -2.28. The third-order valence-electron chi connectivity index (χ3n) is 3.74. The highest BCUT2D eigenvalue weighted by atomic mass is 19.4. The lowest BCUT2D eigenvalue weighted by molar-refractivity contribution is -0.137. The van der Waals surface area contributed by atoms with Crippen LogP contribution in [0.2, 0.25) is 0 Å². The number of benzene rings is 1. The minimum absolute atomic E-state index is 0.364. The molecule has 1 aromatic rings. The Morgan fingerprint density at radius 2 is 1.75 bits per heavy atom. The highest BCUT2D eigenvalue weighted by Gasteiger charge is 2.33. The number of nitriles is 1. The van der Waals surface area contributed by atoms with Gasteiger partial charge in [-0.2, -0.15) is 18.4 Å². The summed E-state index contributed by atoms with van der Waals surface area (Å²) in [4.78, 5) is 0. The minimum atomic E-state index is -4.36. The summed E-state index contributed by atoms with van der Waals surface area (Å²) in [5.41, 5.74) is -1.06. The summed E-state index contributed by atoms with van der Waals surface area (Å²) in [6, 6.07) is 7.33. The summed E-state index contributed by atoms with van der Waals surface area (Å²) in [5, 5.41) is 12.5. The maximum Gasteiger partial charge on any atom is 0.416 e. The summed E-state index contributed by atoms with van der Waals surface area (Å²) in [6.45, 7) is 0. The van der Waals surface area contributed by atoms with Crippen LogP contribution in [0.5, 0.6) is 0 Å². The van der Waals surface area contributed by atoms with Crippen molar-refractivity contribution in [3.63, 3.8) is 0 Å². The second kappa shape index (κ2) is 5.74. The van der Waals surface area contributed by atoms with E-state index in [1.54, 1.807) is 6.07 Å². The van der Waals surface area contributed by atoms with E-state index < -0.39 is 17.3 Å². The Balaban J connectivity index is 2.21. The normalized spacial score (nSPS) is 18.9. The maximum absolute atomic E-state index is 12.7. The van der Waals surface area contributed by atoms with Gasteiger partial charge in [-0.25, -0.2) is 0 Å². The van der Waals surface area contributed by atoms with E-state index in [1.165, 1.54) is 6.07 Å². The number of rotatable bonds is 2. The molecule has 1 N–H and O–H groups in total. The zero-order valence-corrected chi connectivity index (χ0v) is 11.1. The summed E-state index contributed by atoms with van der Waals surface area (Å²) in [7, 11) is 0. The van der Waals surface area contributed by atoms with Crippen molar-refractivity contribution in [1.29, 1.82) is 5.26 Å². The molecule has 108 valence electrons. The number of hydrogen-bond acceptors (Lipinski definition) is 2. The fourth-order valence-corrected chi connectivity index (χ4v) is 2.65. The highest BCUT2D eigenvalue weighted by Crippen LogP contribution is 2.34. The molecule has 1 aromatic carbocycles. The van der Waals surface area contributed by atoms with E-state index in [9.17, 15) is 18.4 Å². The molecule has 1 aliphatic carbocycles.